The molecule has 8 nitrogen and oxygen atoms in total. The van der Waals surface area contributed by atoms with E-state index in [0.29, 0.717) is 22.4 Å². The van der Waals surface area contributed by atoms with Gasteiger partial charge in [0, 0.05) is 17.6 Å². The first-order valence-corrected chi connectivity index (χ1v) is 11.7. The van der Waals surface area contributed by atoms with Crippen molar-refractivity contribution in [2.45, 2.75) is 51.6 Å². The summed E-state index contributed by atoms with van der Waals surface area (Å²) in [6.45, 7) is 3.67. The van der Waals surface area contributed by atoms with E-state index in [1.807, 2.05) is 37.3 Å². The lowest BCUT2D eigenvalue weighted by atomic mass is 10.1. The van der Waals surface area contributed by atoms with E-state index < -0.39 is 17.3 Å². The van der Waals surface area contributed by atoms with Crippen LogP contribution in [0.25, 0.3) is 11.0 Å². The fourth-order valence-corrected chi connectivity index (χ4v) is 4.94. The molecule has 180 valence electrons. The Hall–Kier alpha value is -4.01. The van der Waals surface area contributed by atoms with Gasteiger partial charge in [0.05, 0.1) is 17.4 Å². The number of carboxylic acids is 1. The van der Waals surface area contributed by atoms with E-state index in [1.54, 1.807) is 17.7 Å². The molecule has 1 aromatic carbocycles. The average Bonchev–Trinajstić information content (AvgIpc) is 3.51. The summed E-state index contributed by atoms with van der Waals surface area (Å²) in [6, 6.07) is 12.0. The number of hydrogen-bond donors (Lipinski definition) is 2. The number of benzene rings is 1. The minimum Gasteiger partial charge on any atom is -0.477 e. The Morgan fingerprint density at radius 2 is 1.89 bits per heavy atom. The van der Waals surface area contributed by atoms with E-state index in [0.717, 1.165) is 31.2 Å². The number of aromatic carboxylic acids is 1. The van der Waals surface area contributed by atoms with Crippen LogP contribution in [-0.2, 0) is 0 Å². The van der Waals surface area contributed by atoms with Gasteiger partial charge in [0.15, 0.2) is 5.82 Å². The number of nitrogens with one attached hydrogen (secondary N) is 1. The molecule has 1 unspecified atom stereocenters. The van der Waals surface area contributed by atoms with Gasteiger partial charge < -0.3 is 15.0 Å². The lowest BCUT2D eigenvalue weighted by Crippen LogP contribution is -2.27. The van der Waals surface area contributed by atoms with Crippen LogP contribution in [0, 0.1) is 12.7 Å². The van der Waals surface area contributed by atoms with E-state index in [4.69, 9.17) is 0 Å². The van der Waals surface area contributed by atoms with Gasteiger partial charge in [-0.25, -0.2) is 14.2 Å². The number of rotatable bonds is 6. The zero-order chi connectivity index (χ0) is 24.7. The highest BCUT2D eigenvalue weighted by molar-refractivity contribution is 5.88. The van der Waals surface area contributed by atoms with E-state index >= 15 is 0 Å². The van der Waals surface area contributed by atoms with Gasteiger partial charge in [-0.05, 0) is 44.4 Å². The number of aryl methyl sites for hydroxylation is 1. The third-order valence-electron chi connectivity index (χ3n) is 6.75. The second kappa shape index (κ2) is 8.98. The van der Waals surface area contributed by atoms with Crippen molar-refractivity contribution in [3.63, 3.8) is 0 Å². The zero-order valence-electron chi connectivity index (χ0n) is 19.5. The van der Waals surface area contributed by atoms with Gasteiger partial charge in [-0.2, -0.15) is 4.98 Å². The minimum absolute atomic E-state index is 0.103. The van der Waals surface area contributed by atoms with Crippen molar-refractivity contribution in [2.24, 2.45) is 0 Å². The van der Waals surface area contributed by atoms with E-state index in [1.165, 1.54) is 16.7 Å². The molecule has 1 saturated carbocycles. The molecule has 1 aliphatic carbocycles. The highest BCUT2D eigenvalue weighted by Crippen LogP contribution is 2.32. The summed E-state index contributed by atoms with van der Waals surface area (Å²) >= 11 is 0. The molecule has 9 heteroatoms. The molecule has 4 aromatic rings. The highest BCUT2D eigenvalue weighted by Gasteiger charge is 2.24. The van der Waals surface area contributed by atoms with Gasteiger partial charge in [0.1, 0.15) is 11.3 Å². The fourth-order valence-electron chi connectivity index (χ4n) is 4.94. The minimum atomic E-state index is -1.05. The number of nitrogens with zero attached hydrogens (tertiary/aromatic N) is 4. The summed E-state index contributed by atoms with van der Waals surface area (Å²) in [4.78, 5) is 33.7. The van der Waals surface area contributed by atoms with Crippen molar-refractivity contribution in [1.82, 2.24) is 19.1 Å². The van der Waals surface area contributed by atoms with Gasteiger partial charge in [-0.3, -0.25) is 9.36 Å². The summed E-state index contributed by atoms with van der Waals surface area (Å²) < 4.78 is 17.6. The quantitative estimate of drug-likeness (QED) is 0.397. The first-order chi connectivity index (χ1) is 16.8. The average molecular weight is 476 g/mol. The Labute approximate surface area is 201 Å². The Balaban J connectivity index is 1.57. The third kappa shape index (κ3) is 4.18. The molecule has 0 aliphatic heterocycles. The van der Waals surface area contributed by atoms with Crippen LogP contribution in [0.1, 0.15) is 66.4 Å². The van der Waals surface area contributed by atoms with E-state index in [2.05, 4.69) is 15.3 Å². The number of aromatic nitrogens is 4. The Morgan fingerprint density at radius 3 is 2.57 bits per heavy atom. The third-order valence-corrected chi connectivity index (χ3v) is 6.75. The molecule has 0 radical (unpaired) electrons. The van der Waals surface area contributed by atoms with Crippen molar-refractivity contribution in [2.75, 3.05) is 5.32 Å². The van der Waals surface area contributed by atoms with Gasteiger partial charge in [0.2, 0.25) is 5.95 Å². The monoisotopic (exact) mass is 475 g/mol. The summed E-state index contributed by atoms with van der Waals surface area (Å²) in [5.74, 6) is -1.65. The number of anilines is 2. The molecule has 1 atom stereocenters. The number of fused-ring (bicyclic) bond motifs is 1. The zero-order valence-corrected chi connectivity index (χ0v) is 19.5. The van der Waals surface area contributed by atoms with Crippen LogP contribution in [0.15, 0.2) is 53.5 Å². The second-order valence-corrected chi connectivity index (χ2v) is 9.01. The predicted molar refractivity (Wildman–Crippen MR) is 131 cm³/mol. The molecule has 0 bridgehead atoms. The maximum atomic E-state index is 14.5. The molecule has 35 heavy (non-hydrogen) atoms. The number of carbonyl (C=O) groups is 1. The molecule has 0 saturated heterocycles. The fraction of sp³-hybridized carbons (Fsp3) is 0.308. The summed E-state index contributed by atoms with van der Waals surface area (Å²) in [5.41, 5.74) is 1.82. The molecule has 1 aliphatic rings. The SMILES string of the molecule is Cc1nc(Nc2cc(C(=O)O)n(C(C)c3ccccc3)c2)nc2c1cc(F)c(=O)n2C1CCCC1. The summed E-state index contributed by atoms with van der Waals surface area (Å²) in [5, 5.41) is 13.4. The largest absolute Gasteiger partial charge is 0.477 e. The topological polar surface area (TPSA) is 102 Å². The van der Waals surface area contributed by atoms with E-state index in [-0.39, 0.29) is 23.7 Å². The molecule has 3 heterocycles. The lowest BCUT2D eigenvalue weighted by Gasteiger charge is -2.17. The molecule has 5 rings (SSSR count). The molecular formula is C26H26FN5O3. The number of carboxylic acid groups (broad SMARTS) is 1. The first-order valence-electron chi connectivity index (χ1n) is 11.7. The van der Waals surface area contributed by atoms with Crippen molar-refractivity contribution in [3.05, 3.63) is 81.8 Å². The second-order valence-electron chi connectivity index (χ2n) is 9.01. The van der Waals surface area contributed by atoms with Gasteiger partial charge in [0.25, 0.3) is 5.56 Å². The van der Waals surface area contributed by atoms with Gasteiger partial charge >= 0.3 is 5.97 Å². The van der Waals surface area contributed by atoms with Crippen LogP contribution in [0.5, 0.6) is 0 Å². The number of pyridine rings is 1. The molecule has 1 fully saturated rings. The van der Waals surface area contributed by atoms with E-state index in [9.17, 15) is 19.1 Å². The lowest BCUT2D eigenvalue weighted by molar-refractivity contribution is 0.0684. The smallest absolute Gasteiger partial charge is 0.352 e. The molecular weight excluding hydrogens is 449 g/mol. The molecule has 3 aromatic heterocycles. The van der Waals surface area contributed by atoms with Gasteiger partial charge in [-0.1, -0.05) is 43.2 Å². The standard InChI is InChI=1S/C26H26FN5O3/c1-15-20-13-21(27)24(33)32(19-10-6-7-11-19)23(20)30-26(28-15)29-18-12-22(25(34)35)31(14-18)16(2)17-8-4-3-5-9-17/h3-5,8-9,12-14,16,19H,6-7,10-11H2,1-2H3,(H,34,35)(H,28,29,30). The Kier molecular flexibility index (Phi) is 5.84. The normalized spacial score (nSPS) is 14.9. The maximum Gasteiger partial charge on any atom is 0.352 e. The molecule has 0 spiro atoms. The first kappa shape index (κ1) is 22.8. The van der Waals surface area contributed by atoms with Crippen LogP contribution < -0.4 is 10.9 Å². The number of halogens is 1. The maximum absolute atomic E-state index is 14.5. The van der Waals surface area contributed by atoms with Crippen molar-refractivity contribution in [3.8, 4) is 0 Å². The van der Waals surface area contributed by atoms with Crippen LogP contribution in [0.3, 0.4) is 0 Å². The van der Waals surface area contributed by atoms with Crippen LogP contribution in [0.2, 0.25) is 0 Å². The Bertz CT molecular complexity index is 1470. The van der Waals surface area contributed by atoms with Gasteiger partial charge in [-0.15, -0.1) is 0 Å². The molecule has 2 N–H and O–H groups in total. The van der Waals surface area contributed by atoms with Crippen molar-refractivity contribution in [1.29, 1.82) is 0 Å². The Morgan fingerprint density at radius 1 is 1.17 bits per heavy atom. The highest BCUT2D eigenvalue weighted by atomic mass is 19.1. The molecule has 0 amide bonds. The summed E-state index contributed by atoms with van der Waals surface area (Å²) in [7, 11) is 0. The number of hydrogen-bond acceptors (Lipinski definition) is 5. The van der Waals surface area contributed by atoms with Crippen molar-refractivity contribution < 1.29 is 14.3 Å². The van der Waals surface area contributed by atoms with Crippen molar-refractivity contribution >= 4 is 28.6 Å². The van der Waals surface area contributed by atoms with Crippen LogP contribution >= 0.6 is 0 Å². The van der Waals surface area contributed by atoms with Crippen LogP contribution in [-0.4, -0.2) is 30.2 Å². The summed E-state index contributed by atoms with van der Waals surface area (Å²) in [6.07, 6.45) is 5.27. The van der Waals surface area contributed by atoms with Crippen LogP contribution in [0.4, 0.5) is 16.0 Å². The predicted octanol–water partition coefficient (Wildman–Crippen LogP) is 5.21.